The minimum absolute atomic E-state index is 0.168. The molecule has 160 valence electrons. The number of hydrogen-bond acceptors (Lipinski definition) is 5. The van der Waals surface area contributed by atoms with Gasteiger partial charge in [0, 0.05) is 0 Å². The van der Waals surface area contributed by atoms with Crippen LogP contribution in [-0.4, -0.2) is 41.2 Å². The summed E-state index contributed by atoms with van der Waals surface area (Å²) in [7, 11) is -4.10. The molecule has 8 nitrogen and oxygen atoms in total. The number of aliphatic hydroxyl groups is 1. The Morgan fingerprint density at radius 2 is 1.63 bits per heavy atom. The van der Waals surface area contributed by atoms with Crippen molar-refractivity contribution in [1.82, 2.24) is 9.97 Å². The molecule has 3 aromatic rings. The molecule has 30 heavy (non-hydrogen) atoms. The largest absolute Gasteiger partial charge is 0.426 e. The van der Waals surface area contributed by atoms with Crippen molar-refractivity contribution in [2.75, 3.05) is 5.32 Å². The number of hydrogen-bond donors (Lipinski definition) is 4. The van der Waals surface area contributed by atoms with Crippen LogP contribution in [0.2, 0.25) is 5.02 Å². The summed E-state index contributed by atoms with van der Waals surface area (Å²) in [6.45, 7) is 0.274. The van der Waals surface area contributed by atoms with E-state index < -0.39 is 33.2 Å². The molecule has 4 N–H and O–H groups in total. The van der Waals surface area contributed by atoms with Crippen LogP contribution in [0.5, 0.6) is 0 Å². The van der Waals surface area contributed by atoms with Gasteiger partial charge in [-0.25, -0.2) is 13.2 Å². The Hall–Kier alpha value is -2.83. The third-order valence-corrected chi connectivity index (χ3v) is 6.35. The molecule has 13 heteroatoms. The van der Waals surface area contributed by atoms with E-state index in [1.54, 1.807) is 0 Å². The van der Waals surface area contributed by atoms with Gasteiger partial charge in [-0.1, -0.05) is 11.6 Å². The average Bonchev–Trinajstić information content (AvgIpc) is 3.01. The second kappa shape index (κ2) is 7.15. The Labute approximate surface area is 171 Å². The van der Waals surface area contributed by atoms with Crippen molar-refractivity contribution >= 4 is 44.1 Å². The fraction of sp³-hybridized carbons (Fsp3) is 0.176. The first-order valence-electron chi connectivity index (χ1n) is 8.11. The standard InChI is InChI=1S/C17H13ClF3N3O5S/c1-16(27,17(19,20)21)14(25)22-11-4-2-8(6-10(11)18)30(28,29)9-3-5-12-13(7-9)24-15(26)23-12/h2-7,27H,1H3,(H,22,25)(H2,23,24,26)/t16-/m1/s1. The van der Waals surface area contributed by atoms with Crippen LogP contribution in [0.3, 0.4) is 0 Å². The number of halogens is 4. The Morgan fingerprint density at radius 3 is 2.23 bits per heavy atom. The second-order valence-electron chi connectivity index (χ2n) is 6.46. The lowest BCUT2D eigenvalue weighted by molar-refractivity contribution is -0.242. The number of alkyl halides is 3. The molecule has 0 saturated carbocycles. The van der Waals surface area contributed by atoms with Gasteiger partial charge < -0.3 is 20.4 Å². The molecule has 3 rings (SSSR count). The van der Waals surface area contributed by atoms with Gasteiger partial charge in [0.25, 0.3) is 5.91 Å². The third kappa shape index (κ3) is 3.80. The molecule has 0 aliphatic rings. The van der Waals surface area contributed by atoms with Gasteiger partial charge in [-0.15, -0.1) is 0 Å². The van der Waals surface area contributed by atoms with E-state index in [0.29, 0.717) is 5.52 Å². The minimum Gasteiger partial charge on any atom is -0.373 e. The summed E-state index contributed by atoms with van der Waals surface area (Å²) in [5, 5.41) is 10.8. The number of benzene rings is 2. The highest BCUT2D eigenvalue weighted by Gasteiger charge is 2.55. The fourth-order valence-electron chi connectivity index (χ4n) is 2.45. The zero-order valence-corrected chi connectivity index (χ0v) is 16.5. The number of H-pyrrole nitrogens is 2. The van der Waals surface area contributed by atoms with Gasteiger partial charge in [-0.05, 0) is 43.3 Å². The van der Waals surface area contributed by atoms with Crippen LogP contribution in [0.15, 0.2) is 51.0 Å². The number of fused-ring (bicyclic) bond motifs is 1. The Balaban J connectivity index is 1.93. The van der Waals surface area contributed by atoms with E-state index in [4.69, 9.17) is 11.6 Å². The van der Waals surface area contributed by atoms with Crippen LogP contribution in [0.25, 0.3) is 11.0 Å². The lowest BCUT2D eigenvalue weighted by Gasteiger charge is -2.25. The summed E-state index contributed by atoms with van der Waals surface area (Å²) in [6.07, 6.45) is -5.23. The fourth-order valence-corrected chi connectivity index (χ4v) is 4.06. The van der Waals surface area contributed by atoms with Crippen molar-refractivity contribution < 1.29 is 31.5 Å². The molecule has 0 spiro atoms. The number of amides is 1. The monoisotopic (exact) mass is 463 g/mol. The highest BCUT2D eigenvalue weighted by atomic mass is 35.5. The van der Waals surface area contributed by atoms with Gasteiger partial charge in [0.2, 0.25) is 15.4 Å². The molecule has 0 fully saturated rings. The Kier molecular flexibility index (Phi) is 5.21. The maximum Gasteiger partial charge on any atom is 0.426 e. The molecule has 0 radical (unpaired) electrons. The molecular formula is C17H13ClF3N3O5S. The van der Waals surface area contributed by atoms with Crippen LogP contribution >= 0.6 is 11.6 Å². The van der Waals surface area contributed by atoms with Gasteiger partial charge in [0.15, 0.2) is 0 Å². The van der Waals surface area contributed by atoms with Gasteiger partial charge in [-0.2, -0.15) is 13.2 Å². The number of sulfone groups is 1. The Morgan fingerprint density at radius 1 is 1.07 bits per heavy atom. The summed E-state index contributed by atoms with van der Waals surface area (Å²) in [5.74, 6) is -1.78. The lowest BCUT2D eigenvalue weighted by Crippen LogP contribution is -2.52. The number of nitrogens with one attached hydrogen (secondary N) is 3. The topological polar surface area (TPSA) is 132 Å². The molecule has 2 aromatic carbocycles. The minimum atomic E-state index is -5.23. The quantitative estimate of drug-likeness (QED) is 0.472. The maximum absolute atomic E-state index is 12.8. The Bertz CT molecular complexity index is 1310. The number of carbonyl (C=O) groups is 1. The SMILES string of the molecule is C[C@@](O)(C(=O)Nc1ccc(S(=O)(=O)c2ccc3[nH]c(=O)[nH]c3c2)cc1Cl)C(F)(F)F. The van der Waals surface area contributed by atoms with E-state index in [9.17, 15) is 36.3 Å². The number of rotatable bonds is 4. The first-order chi connectivity index (χ1) is 13.7. The molecule has 0 aliphatic carbocycles. The number of aromatic amines is 2. The lowest BCUT2D eigenvalue weighted by atomic mass is 10.1. The van der Waals surface area contributed by atoms with Crippen molar-refractivity contribution in [2.24, 2.45) is 0 Å². The number of anilines is 1. The summed E-state index contributed by atoms with van der Waals surface area (Å²) in [6, 6.07) is 6.84. The van der Waals surface area contributed by atoms with Gasteiger partial charge >= 0.3 is 11.9 Å². The van der Waals surface area contributed by atoms with E-state index in [0.717, 1.165) is 18.2 Å². The van der Waals surface area contributed by atoms with E-state index in [2.05, 4.69) is 9.97 Å². The molecule has 1 amide bonds. The summed E-state index contributed by atoms with van der Waals surface area (Å²) >= 11 is 5.94. The predicted molar refractivity (Wildman–Crippen MR) is 101 cm³/mol. The van der Waals surface area contributed by atoms with E-state index in [1.807, 2.05) is 5.32 Å². The zero-order valence-electron chi connectivity index (χ0n) is 15.0. The van der Waals surface area contributed by atoms with Gasteiger partial charge in [0.05, 0.1) is 31.5 Å². The van der Waals surface area contributed by atoms with Crippen LogP contribution in [0.4, 0.5) is 18.9 Å². The van der Waals surface area contributed by atoms with E-state index >= 15 is 0 Å². The van der Waals surface area contributed by atoms with Gasteiger partial charge in [0.1, 0.15) is 0 Å². The molecule has 1 aromatic heterocycles. The maximum atomic E-state index is 12.8. The number of imidazole rings is 1. The summed E-state index contributed by atoms with van der Waals surface area (Å²) in [5.41, 5.74) is -3.87. The smallest absolute Gasteiger partial charge is 0.373 e. The highest BCUT2D eigenvalue weighted by Crippen LogP contribution is 2.33. The molecule has 1 atom stereocenters. The molecular weight excluding hydrogens is 451 g/mol. The average molecular weight is 464 g/mol. The van der Waals surface area contributed by atoms with Crippen LogP contribution in [0, 0.1) is 0 Å². The summed E-state index contributed by atoms with van der Waals surface area (Å²) in [4.78, 5) is 27.5. The van der Waals surface area contributed by atoms with Crippen molar-refractivity contribution in [3.8, 4) is 0 Å². The van der Waals surface area contributed by atoms with Crippen molar-refractivity contribution in [1.29, 1.82) is 0 Å². The van der Waals surface area contributed by atoms with Crippen molar-refractivity contribution in [3.63, 3.8) is 0 Å². The van der Waals surface area contributed by atoms with Crippen molar-refractivity contribution in [3.05, 3.63) is 51.9 Å². The van der Waals surface area contributed by atoms with Crippen molar-refractivity contribution in [2.45, 2.75) is 28.5 Å². The van der Waals surface area contributed by atoms with E-state index in [1.165, 1.54) is 18.2 Å². The first-order valence-corrected chi connectivity index (χ1v) is 9.97. The predicted octanol–water partition coefficient (Wildman–Crippen LogP) is 2.59. The van der Waals surface area contributed by atoms with Crippen LogP contribution in [0.1, 0.15) is 6.92 Å². The van der Waals surface area contributed by atoms with Crippen LogP contribution in [-0.2, 0) is 14.6 Å². The first kappa shape index (κ1) is 21.9. The zero-order chi connectivity index (χ0) is 22.5. The number of aromatic nitrogens is 2. The highest BCUT2D eigenvalue weighted by molar-refractivity contribution is 7.91. The molecule has 0 unspecified atom stereocenters. The van der Waals surface area contributed by atoms with Crippen LogP contribution < -0.4 is 11.0 Å². The molecule has 1 heterocycles. The normalized spacial score (nSPS) is 14.5. The molecule has 0 saturated heterocycles. The summed E-state index contributed by atoms with van der Waals surface area (Å²) < 4.78 is 63.9. The third-order valence-electron chi connectivity index (χ3n) is 4.29. The molecule has 0 aliphatic heterocycles. The van der Waals surface area contributed by atoms with Gasteiger partial charge in [-0.3, -0.25) is 4.79 Å². The van der Waals surface area contributed by atoms with E-state index in [-0.39, 0.29) is 32.9 Å². The molecule has 0 bridgehead atoms. The second-order valence-corrected chi connectivity index (χ2v) is 8.81. The number of carbonyl (C=O) groups excluding carboxylic acids is 1.